The van der Waals surface area contributed by atoms with Gasteiger partial charge in [0, 0.05) is 7.05 Å². The lowest BCUT2D eigenvalue weighted by Gasteiger charge is -2.19. The number of nitrogens with one attached hydrogen (secondary N) is 1. The molecule has 0 saturated heterocycles. The molecule has 0 radical (unpaired) electrons. The van der Waals surface area contributed by atoms with E-state index >= 15 is 0 Å². The van der Waals surface area contributed by atoms with Gasteiger partial charge >= 0.3 is 6.09 Å². The van der Waals surface area contributed by atoms with Gasteiger partial charge in [-0.1, -0.05) is 0 Å². The van der Waals surface area contributed by atoms with Crippen molar-refractivity contribution in [3.63, 3.8) is 0 Å². The van der Waals surface area contributed by atoms with E-state index in [1.807, 2.05) is 6.07 Å². The molecule has 92 valence electrons. The van der Waals surface area contributed by atoms with Crippen molar-refractivity contribution in [2.24, 2.45) is 7.05 Å². The minimum atomic E-state index is -0.600. The molecule has 1 heterocycles. The Kier molecular flexibility index (Phi) is 3.42. The van der Waals surface area contributed by atoms with Crippen LogP contribution in [0.15, 0.2) is 0 Å². The first-order chi connectivity index (χ1) is 7.74. The van der Waals surface area contributed by atoms with Crippen LogP contribution < -0.4 is 5.32 Å². The molecular formula is C11H16N4O2. The van der Waals surface area contributed by atoms with E-state index in [1.54, 1.807) is 34.7 Å². The molecule has 0 unspecified atom stereocenters. The molecule has 0 atom stereocenters. The second kappa shape index (κ2) is 4.45. The summed E-state index contributed by atoms with van der Waals surface area (Å²) in [6.07, 6.45) is -0.600. The van der Waals surface area contributed by atoms with E-state index in [0.717, 1.165) is 0 Å². The number of carbonyl (C=O) groups is 1. The quantitative estimate of drug-likeness (QED) is 0.808. The van der Waals surface area contributed by atoms with Crippen LogP contribution in [0.3, 0.4) is 0 Å². The van der Waals surface area contributed by atoms with Crippen LogP contribution in [0.4, 0.5) is 10.6 Å². The molecule has 1 rings (SSSR count). The molecule has 17 heavy (non-hydrogen) atoms. The molecule has 0 aliphatic heterocycles. The Morgan fingerprint density at radius 3 is 2.59 bits per heavy atom. The van der Waals surface area contributed by atoms with E-state index in [1.165, 1.54) is 4.68 Å². The molecule has 1 aromatic heterocycles. The molecule has 6 nitrogen and oxygen atoms in total. The first kappa shape index (κ1) is 13.0. The zero-order valence-electron chi connectivity index (χ0n) is 10.7. The molecule has 0 aliphatic carbocycles. The Morgan fingerprint density at radius 1 is 1.53 bits per heavy atom. The van der Waals surface area contributed by atoms with Crippen molar-refractivity contribution in [1.82, 2.24) is 9.78 Å². The zero-order valence-corrected chi connectivity index (χ0v) is 10.7. The van der Waals surface area contributed by atoms with Crippen molar-refractivity contribution < 1.29 is 9.53 Å². The van der Waals surface area contributed by atoms with Crippen molar-refractivity contribution >= 4 is 11.9 Å². The van der Waals surface area contributed by atoms with E-state index < -0.39 is 11.7 Å². The third-order valence-electron chi connectivity index (χ3n) is 1.95. The number of hydrogen-bond donors (Lipinski definition) is 1. The molecule has 0 spiro atoms. The van der Waals surface area contributed by atoms with E-state index in [9.17, 15) is 4.79 Å². The van der Waals surface area contributed by atoms with Crippen molar-refractivity contribution in [3.05, 3.63) is 11.3 Å². The molecule has 0 saturated carbocycles. The Labute approximate surface area is 100 Å². The number of aryl methyl sites for hydroxylation is 2. The van der Waals surface area contributed by atoms with Crippen LogP contribution in [0.1, 0.15) is 32.0 Å². The lowest BCUT2D eigenvalue weighted by molar-refractivity contribution is 0.0634. The van der Waals surface area contributed by atoms with Crippen molar-refractivity contribution in [2.75, 3.05) is 5.32 Å². The number of rotatable bonds is 1. The predicted molar refractivity (Wildman–Crippen MR) is 62.5 cm³/mol. The summed E-state index contributed by atoms with van der Waals surface area (Å²) < 4.78 is 6.55. The Hall–Kier alpha value is -2.03. The summed E-state index contributed by atoms with van der Waals surface area (Å²) in [6.45, 7) is 7.02. The molecule has 1 N–H and O–H groups in total. The number of nitrogens with zero attached hydrogens (tertiary/aromatic N) is 3. The van der Waals surface area contributed by atoms with Crippen LogP contribution in [-0.2, 0) is 11.8 Å². The normalized spacial score (nSPS) is 10.8. The number of carbonyl (C=O) groups excluding carboxylic acids is 1. The van der Waals surface area contributed by atoms with E-state index in [0.29, 0.717) is 17.1 Å². The molecule has 6 heteroatoms. The van der Waals surface area contributed by atoms with Gasteiger partial charge < -0.3 is 4.74 Å². The highest BCUT2D eigenvalue weighted by molar-refractivity contribution is 5.85. The smallest absolute Gasteiger partial charge is 0.413 e. The van der Waals surface area contributed by atoms with Crippen LogP contribution in [0.25, 0.3) is 0 Å². The molecular weight excluding hydrogens is 220 g/mol. The summed E-state index contributed by atoms with van der Waals surface area (Å²) in [6, 6.07) is 2.00. The Bertz CT molecular complexity index is 477. The summed E-state index contributed by atoms with van der Waals surface area (Å²) in [4.78, 5) is 11.6. The first-order valence-electron chi connectivity index (χ1n) is 5.18. The van der Waals surface area contributed by atoms with Gasteiger partial charge in [-0.2, -0.15) is 10.4 Å². The average Bonchev–Trinajstić information content (AvgIpc) is 2.38. The molecule has 0 aliphatic rings. The number of anilines is 1. The number of amides is 1. The maximum absolute atomic E-state index is 11.6. The van der Waals surface area contributed by atoms with Gasteiger partial charge in [-0.25, -0.2) is 4.79 Å². The maximum atomic E-state index is 11.6. The molecule has 1 amide bonds. The first-order valence-corrected chi connectivity index (χ1v) is 5.18. The largest absolute Gasteiger partial charge is 0.444 e. The van der Waals surface area contributed by atoms with E-state index in [4.69, 9.17) is 10.00 Å². The third kappa shape index (κ3) is 3.21. The van der Waals surface area contributed by atoms with Gasteiger partial charge in [-0.3, -0.25) is 10.00 Å². The van der Waals surface area contributed by atoms with Crippen LogP contribution in [-0.4, -0.2) is 21.5 Å². The molecule has 1 aromatic rings. The van der Waals surface area contributed by atoms with Gasteiger partial charge in [0.05, 0.1) is 5.69 Å². The number of hydrogen-bond acceptors (Lipinski definition) is 4. The highest BCUT2D eigenvalue weighted by Gasteiger charge is 2.20. The molecule has 0 aromatic carbocycles. The molecule has 0 bridgehead atoms. The Balaban J connectivity index is 2.90. The van der Waals surface area contributed by atoms with Crippen molar-refractivity contribution in [2.45, 2.75) is 33.3 Å². The monoisotopic (exact) mass is 236 g/mol. The highest BCUT2D eigenvalue weighted by atomic mass is 16.6. The highest BCUT2D eigenvalue weighted by Crippen LogP contribution is 2.18. The van der Waals surface area contributed by atoms with Crippen LogP contribution in [0.2, 0.25) is 0 Å². The topological polar surface area (TPSA) is 79.9 Å². The lowest BCUT2D eigenvalue weighted by atomic mass is 10.2. The van der Waals surface area contributed by atoms with Crippen molar-refractivity contribution in [3.8, 4) is 6.07 Å². The van der Waals surface area contributed by atoms with Gasteiger partial charge in [-0.15, -0.1) is 0 Å². The van der Waals surface area contributed by atoms with Gasteiger partial charge in [-0.05, 0) is 27.7 Å². The van der Waals surface area contributed by atoms with Gasteiger partial charge in [0.2, 0.25) is 0 Å². The van der Waals surface area contributed by atoms with Crippen LogP contribution in [0.5, 0.6) is 0 Å². The average molecular weight is 236 g/mol. The summed E-state index contributed by atoms with van der Waals surface area (Å²) >= 11 is 0. The third-order valence-corrected chi connectivity index (χ3v) is 1.95. The van der Waals surface area contributed by atoms with Gasteiger partial charge in [0.15, 0.2) is 5.82 Å². The fraction of sp³-hybridized carbons (Fsp3) is 0.545. The zero-order chi connectivity index (χ0) is 13.2. The number of ether oxygens (including phenoxy) is 1. The summed E-state index contributed by atoms with van der Waals surface area (Å²) in [5.74, 6) is 0.347. The second-order valence-electron chi connectivity index (χ2n) is 4.67. The van der Waals surface area contributed by atoms with Gasteiger partial charge in [0.1, 0.15) is 17.2 Å². The Morgan fingerprint density at radius 2 is 2.12 bits per heavy atom. The summed E-state index contributed by atoms with van der Waals surface area (Å²) in [7, 11) is 1.65. The van der Waals surface area contributed by atoms with Crippen LogP contribution >= 0.6 is 0 Å². The van der Waals surface area contributed by atoms with Crippen LogP contribution in [0, 0.1) is 18.3 Å². The minimum Gasteiger partial charge on any atom is -0.444 e. The second-order valence-corrected chi connectivity index (χ2v) is 4.67. The molecule has 0 fully saturated rings. The number of nitriles is 1. The maximum Gasteiger partial charge on any atom is 0.413 e. The lowest BCUT2D eigenvalue weighted by Crippen LogP contribution is -2.28. The number of aromatic nitrogens is 2. The minimum absolute atomic E-state index is 0.346. The SMILES string of the molecule is Cc1nn(C)c(NC(=O)OC(C)(C)C)c1C#N. The van der Waals surface area contributed by atoms with Gasteiger partial charge in [0.25, 0.3) is 0 Å². The predicted octanol–water partition coefficient (Wildman–Crippen LogP) is 1.95. The summed E-state index contributed by atoms with van der Waals surface area (Å²) in [5, 5.41) is 15.5. The van der Waals surface area contributed by atoms with Crippen molar-refractivity contribution in [1.29, 1.82) is 5.26 Å². The fourth-order valence-corrected chi connectivity index (χ4v) is 1.34. The standard InChI is InChI=1S/C11H16N4O2/c1-7-8(6-12)9(15(5)14-7)13-10(16)17-11(2,3)4/h1-5H3,(H,13,16). The fourth-order valence-electron chi connectivity index (χ4n) is 1.34. The summed E-state index contributed by atoms with van der Waals surface area (Å²) in [5.41, 5.74) is 0.337. The van der Waals surface area contributed by atoms with E-state index in [-0.39, 0.29) is 0 Å². The van der Waals surface area contributed by atoms with E-state index in [2.05, 4.69) is 10.4 Å².